The van der Waals surface area contributed by atoms with Crippen molar-refractivity contribution in [3.63, 3.8) is 0 Å². The Bertz CT molecular complexity index is 763. The maximum absolute atomic E-state index is 12.3. The third-order valence-electron chi connectivity index (χ3n) is 3.93. The lowest BCUT2D eigenvalue weighted by atomic mass is 10.1. The van der Waals surface area contributed by atoms with Crippen molar-refractivity contribution in [3.05, 3.63) is 46.3 Å². The van der Waals surface area contributed by atoms with Gasteiger partial charge in [0.25, 0.3) is 0 Å². The molecule has 1 amide bonds. The highest BCUT2D eigenvalue weighted by Crippen LogP contribution is 2.19. The van der Waals surface area contributed by atoms with Crippen LogP contribution in [0.5, 0.6) is 0 Å². The molecule has 0 atom stereocenters. The number of carbonyl (C=O) groups is 2. The molecule has 0 radical (unpaired) electrons. The minimum absolute atomic E-state index is 0.144. The number of aromatic nitrogens is 2. The van der Waals surface area contributed by atoms with E-state index in [1.807, 2.05) is 27.8 Å². The van der Waals surface area contributed by atoms with Gasteiger partial charge in [0.2, 0.25) is 5.91 Å². The van der Waals surface area contributed by atoms with E-state index in [1.165, 1.54) is 7.11 Å². The zero-order valence-corrected chi connectivity index (χ0v) is 14.1. The minimum Gasteiger partial charge on any atom is -0.465 e. The fraction of sp³-hybridized carbons (Fsp3) is 0.353. The van der Waals surface area contributed by atoms with Gasteiger partial charge in [0, 0.05) is 24.0 Å². The van der Waals surface area contributed by atoms with Gasteiger partial charge in [-0.05, 0) is 38.5 Å². The smallest absolute Gasteiger partial charge is 0.337 e. The molecule has 6 nitrogen and oxygen atoms in total. The quantitative estimate of drug-likeness (QED) is 0.879. The monoisotopic (exact) mass is 315 g/mol. The van der Waals surface area contributed by atoms with Crippen molar-refractivity contribution in [2.24, 2.45) is 7.05 Å². The van der Waals surface area contributed by atoms with E-state index >= 15 is 0 Å². The minimum atomic E-state index is -0.431. The van der Waals surface area contributed by atoms with E-state index in [0.29, 0.717) is 11.3 Å². The summed E-state index contributed by atoms with van der Waals surface area (Å²) in [6.07, 6.45) is 0.243. The molecule has 23 heavy (non-hydrogen) atoms. The molecule has 6 heteroatoms. The zero-order valence-electron chi connectivity index (χ0n) is 14.1. The van der Waals surface area contributed by atoms with Gasteiger partial charge < -0.3 is 10.1 Å². The van der Waals surface area contributed by atoms with Gasteiger partial charge in [-0.25, -0.2) is 4.79 Å². The summed E-state index contributed by atoms with van der Waals surface area (Å²) in [6.45, 7) is 5.70. The summed E-state index contributed by atoms with van der Waals surface area (Å²) in [7, 11) is 3.18. The third kappa shape index (κ3) is 3.59. The number of esters is 1. The molecular weight excluding hydrogens is 294 g/mol. The van der Waals surface area contributed by atoms with Crippen LogP contribution in [0.4, 0.5) is 5.69 Å². The normalized spacial score (nSPS) is 10.5. The fourth-order valence-electron chi connectivity index (χ4n) is 2.43. The molecule has 0 saturated carbocycles. The van der Waals surface area contributed by atoms with Gasteiger partial charge in [-0.3, -0.25) is 9.48 Å². The number of rotatable bonds is 4. The predicted molar refractivity (Wildman–Crippen MR) is 87.5 cm³/mol. The average Bonchev–Trinajstić information content (AvgIpc) is 2.75. The highest BCUT2D eigenvalue weighted by atomic mass is 16.5. The first-order valence-corrected chi connectivity index (χ1v) is 7.31. The molecule has 0 bridgehead atoms. The van der Waals surface area contributed by atoms with Gasteiger partial charge in [0.15, 0.2) is 0 Å². The van der Waals surface area contributed by atoms with Crippen LogP contribution in [0.1, 0.15) is 32.9 Å². The Balaban J connectivity index is 2.18. The van der Waals surface area contributed by atoms with Crippen LogP contribution < -0.4 is 5.32 Å². The molecule has 2 aromatic rings. The van der Waals surface area contributed by atoms with E-state index in [9.17, 15) is 9.59 Å². The average molecular weight is 315 g/mol. The molecule has 1 heterocycles. The first kappa shape index (κ1) is 16.7. The van der Waals surface area contributed by atoms with Gasteiger partial charge in [0.1, 0.15) is 0 Å². The van der Waals surface area contributed by atoms with E-state index in [1.54, 1.807) is 22.9 Å². The number of ether oxygens (including phenoxy) is 1. The number of carbonyl (C=O) groups excluding carboxylic acids is 2. The van der Waals surface area contributed by atoms with Gasteiger partial charge in [0.05, 0.1) is 24.8 Å². The Morgan fingerprint density at radius 2 is 1.96 bits per heavy atom. The molecule has 0 saturated heterocycles. The molecule has 0 aliphatic rings. The van der Waals surface area contributed by atoms with Crippen LogP contribution >= 0.6 is 0 Å². The van der Waals surface area contributed by atoms with Crippen LogP contribution in [0.2, 0.25) is 0 Å². The molecule has 1 aromatic carbocycles. The van der Waals surface area contributed by atoms with Crippen molar-refractivity contribution in [2.45, 2.75) is 27.2 Å². The first-order valence-electron chi connectivity index (χ1n) is 7.31. The second-order valence-electron chi connectivity index (χ2n) is 5.52. The van der Waals surface area contributed by atoms with Gasteiger partial charge >= 0.3 is 5.97 Å². The lowest BCUT2D eigenvalue weighted by Gasteiger charge is -2.10. The summed E-state index contributed by atoms with van der Waals surface area (Å²) in [4.78, 5) is 23.9. The Labute approximate surface area is 135 Å². The molecule has 1 aromatic heterocycles. The van der Waals surface area contributed by atoms with Crippen molar-refractivity contribution in [1.29, 1.82) is 0 Å². The summed E-state index contributed by atoms with van der Waals surface area (Å²) < 4.78 is 6.47. The molecule has 1 N–H and O–H groups in total. The third-order valence-corrected chi connectivity index (χ3v) is 3.93. The number of methoxy groups -OCH3 is 1. The molecule has 2 rings (SSSR count). The number of aryl methyl sites for hydroxylation is 3. The van der Waals surface area contributed by atoms with E-state index in [4.69, 9.17) is 4.74 Å². The molecule has 122 valence electrons. The number of benzene rings is 1. The Kier molecular flexibility index (Phi) is 4.83. The molecule has 0 spiro atoms. The van der Waals surface area contributed by atoms with Gasteiger partial charge in [-0.15, -0.1) is 0 Å². The van der Waals surface area contributed by atoms with Crippen molar-refractivity contribution in [3.8, 4) is 0 Å². The van der Waals surface area contributed by atoms with Crippen molar-refractivity contribution < 1.29 is 14.3 Å². The molecule has 0 aliphatic heterocycles. The lowest BCUT2D eigenvalue weighted by Crippen LogP contribution is -2.16. The summed E-state index contributed by atoms with van der Waals surface area (Å²) in [5.74, 6) is -0.575. The van der Waals surface area contributed by atoms with Crippen molar-refractivity contribution in [1.82, 2.24) is 9.78 Å². The van der Waals surface area contributed by atoms with E-state index in [0.717, 1.165) is 22.5 Å². The van der Waals surface area contributed by atoms with Gasteiger partial charge in [-0.2, -0.15) is 5.10 Å². The lowest BCUT2D eigenvalue weighted by molar-refractivity contribution is -0.115. The standard InChI is InChI=1S/C17H21N3O3/c1-10-6-7-13(17(22)23-5)8-15(10)18-16(21)9-14-11(2)19-20(4)12(14)3/h6-8H,9H2,1-5H3,(H,18,21). The molecule has 0 fully saturated rings. The van der Waals surface area contributed by atoms with E-state index in [-0.39, 0.29) is 12.3 Å². The Hall–Kier alpha value is -2.63. The maximum atomic E-state index is 12.3. The van der Waals surface area contributed by atoms with E-state index in [2.05, 4.69) is 10.4 Å². The molecular formula is C17H21N3O3. The maximum Gasteiger partial charge on any atom is 0.337 e. The number of amides is 1. The number of nitrogens with one attached hydrogen (secondary N) is 1. The van der Waals surface area contributed by atoms with Crippen molar-refractivity contribution >= 4 is 17.6 Å². The molecule has 0 aliphatic carbocycles. The first-order chi connectivity index (χ1) is 10.8. The SMILES string of the molecule is COC(=O)c1ccc(C)c(NC(=O)Cc2c(C)nn(C)c2C)c1. The largest absolute Gasteiger partial charge is 0.465 e. The number of nitrogens with zero attached hydrogens (tertiary/aromatic N) is 2. The van der Waals surface area contributed by atoms with Crippen LogP contribution in [0.25, 0.3) is 0 Å². The van der Waals surface area contributed by atoms with Gasteiger partial charge in [-0.1, -0.05) is 6.07 Å². The number of anilines is 1. The summed E-state index contributed by atoms with van der Waals surface area (Å²) in [5.41, 5.74) is 4.63. The number of hydrogen-bond donors (Lipinski definition) is 1. The van der Waals surface area contributed by atoms with Crippen molar-refractivity contribution in [2.75, 3.05) is 12.4 Å². The van der Waals surface area contributed by atoms with Crippen LogP contribution in [0.15, 0.2) is 18.2 Å². The second-order valence-corrected chi connectivity index (χ2v) is 5.52. The van der Waals surface area contributed by atoms with Crippen LogP contribution in [-0.2, 0) is 23.0 Å². The summed E-state index contributed by atoms with van der Waals surface area (Å²) in [6, 6.07) is 5.08. The predicted octanol–water partition coefficient (Wildman–Crippen LogP) is 2.31. The summed E-state index contributed by atoms with van der Waals surface area (Å²) >= 11 is 0. The van der Waals surface area contributed by atoms with Crippen LogP contribution in [-0.4, -0.2) is 28.8 Å². The molecule has 0 unspecified atom stereocenters. The highest BCUT2D eigenvalue weighted by Gasteiger charge is 2.15. The Morgan fingerprint density at radius 1 is 1.26 bits per heavy atom. The zero-order chi connectivity index (χ0) is 17.1. The second kappa shape index (κ2) is 6.64. The topological polar surface area (TPSA) is 73.2 Å². The summed E-state index contributed by atoms with van der Waals surface area (Å²) in [5, 5.41) is 7.17. The number of hydrogen-bond acceptors (Lipinski definition) is 4. The highest BCUT2D eigenvalue weighted by molar-refractivity contribution is 5.96. The fourth-order valence-corrected chi connectivity index (χ4v) is 2.43. The Morgan fingerprint density at radius 3 is 2.52 bits per heavy atom. The van der Waals surface area contributed by atoms with E-state index < -0.39 is 5.97 Å². The van der Waals surface area contributed by atoms with Crippen LogP contribution in [0, 0.1) is 20.8 Å². The van der Waals surface area contributed by atoms with Crippen LogP contribution in [0.3, 0.4) is 0 Å².